The zero-order valence-corrected chi connectivity index (χ0v) is 12.3. The van der Waals surface area contributed by atoms with Crippen LogP contribution < -0.4 is 14.8 Å². The highest BCUT2D eigenvalue weighted by Gasteiger charge is 2.09. The second-order valence-corrected chi connectivity index (χ2v) is 4.52. The minimum Gasteiger partial charge on any atom is -0.493 e. The minimum absolute atomic E-state index is 0.706. The SMILES string of the molecule is CCc1ccccc1NCc1cccc(OC)c1OC. The maximum absolute atomic E-state index is 5.45. The van der Waals surface area contributed by atoms with Gasteiger partial charge in [0.05, 0.1) is 14.2 Å². The van der Waals surface area contributed by atoms with Crippen LogP contribution >= 0.6 is 0 Å². The molecule has 0 radical (unpaired) electrons. The standard InChI is InChI=1S/C17H21NO2/c1-4-13-8-5-6-10-15(13)18-12-14-9-7-11-16(19-2)17(14)20-3/h5-11,18H,4,12H2,1-3H3. The van der Waals surface area contributed by atoms with Gasteiger partial charge in [0.2, 0.25) is 0 Å². The molecular weight excluding hydrogens is 250 g/mol. The Balaban J connectivity index is 2.19. The quantitative estimate of drug-likeness (QED) is 0.865. The summed E-state index contributed by atoms with van der Waals surface area (Å²) in [7, 11) is 3.32. The van der Waals surface area contributed by atoms with E-state index in [9.17, 15) is 0 Å². The molecule has 20 heavy (non-hydrogen) atoms. The third-order valence-corrected chi connectivity index (χ3v) is 3.35. The van der Waals surface area contributed by atoms with E-state index in [1.807, 2.05) is 24.3 Å². The van der Waals surface area contributed by atoms with E-state index >= 15 is 0 Å². The van der Waals surface area contributed by atoms with Gasteiger partial charge in [-0.25, -0.2) is 0 Å². The number of hydrogen-bond acceptors (Lipinski definition) is 3. The molecule has 3 heteroatoms. The number of aryl methyl sites for hydroxylation is 1. The van der Waals surface area contributed by atoms with Crippen LogP contribution in [0.15, 0.2) is 42.5 Å². The van der Waals surface area contributed by atoms with E-state index in [2.05, 4.69) is 30.4 Å². The van der Waals surface area contributed by atoms with Gasteiger partial charge in [0, 0.05) is 17.8 Å². The Bertz CT molecular complexity index is 567. The molecule has 3 nitrogen and oxygen atoms in total. The van der Waals surface area contributed by atoms with Crippen molar-refractivity contribution in [1.29, 1.82) is 0 Å². The lowest BCUT2D eigenvalue weighted by Gasteiger charge is -2.15. The Morgan fingerprint density at radius 1 is 0.900 bits per heavy atom. The van der Waals surface area contributed by atoms with Crippen LogP contribution in [-0.4, -0.2) is 14.2 Å². The highest BCUT2D eigenvalue weighted by molar-refractivity contribution is 5.53. The zero-order chi connectivity index (χ0) is 14.4. The van der Waals surface area contributed by atoms with Gasteiger partial charge in [-0.05, 0) is 24.1 Å². The first kappa shape index (κ1) is 14.3. The Morgan fingerprint density at radius 2 is 1.65 bits per heavy atom. The predicted molar refractivity (Wildman–Crippen MR) is 82.7 cm³/mol. The van der Waals surface area contributed by atoms with E-state index in [0.717, 1.165) is 23.5 Å². The predicted octanol–water partition coefficient (Wildman–Crippen LogP) is 3.88. The Hall–Kier alpha value is -2.16. The number of para-hydroxylation sites is 2. The van der Waals surface area contributed by atoms with Crippen molar-refractivity contribution in [2.24, 2.45) is 0 Å². The highest BCUT2D eigenvalue weighted by Crippen LogP contribution is 2.31. The fourth-order valence-electron chi connectivity index (χ4n) is 2.28. The van der Waals surface area contributed by atoms with E-state index in [4.69, 9.17) is 9.47 Å². The van der Waals surface area contributed by atoms with Crippen molar-refractivity contribution in [3.8, 4) is 11.5 Å². The van der Waals surface area contributed by atoms with Crippen LogP contribution in [0.25, 0.3) is 0 Å². The van der Waals surface area contributed by atoms with Crippen LogP contribution in [0.1, 0.15) is 18.1 Å². The summed E-state index contributed by atoms with van der Waals surface area (Å²) in [6, 6.07) is 14.3. The summed E-state index contributed by atoms with van der Waals surface area (Å²) in [4.78, 5) is 0. The van der Waals surface area contributed by atoms with E-state index < -0.39 is 0 Å². The number of anilines is 1. The smallest absolute Gasteiger partial charge is 0.165 e. The molecule has 2 rings (SSSR count). The van der Waals surface area contributed by atoms with Crippen molar-refractivity contribution in [1.82, 2.24) is 0 Å². The minimum atomic E-state index is 0.706. The molecule has 0 spiro atoms. The Kier molecular flexibility index (Phi) is 4.88. The molecule has 106 valence electrons. The molecule has 1 N–H and O–H groups in total. The third-order valence-electron chi connectivity index (χ3n) is 3.35. The second-order valence-electron chi connectivity index (χ2n) is 4.52. The van der Waals surface area contributed by atoms with E-state index in [1.54, 1.807) is 14.2 Å². The average Bonchev–Trinajstić information content (AvgIpc) is 2.52. The van der Waals surface area contributed by atoms with E-state index in [0.29, 0.717) is 6.54 Å². The van der Waals surface area contributed by atoms with Crippen LogP contribution in [0, 0.1) is 0 Å². The number of rotatable bonds is 6. The van der Waals surface area contributed by atoms with E-state index in [1.165, 1.54) is 11.3 Å². The molecule has 0 aliphatic carbocycles. The average molecular weight is 271 g/mol. The lowest BCUT2D eigenvalue weighted by atomic mass is 10.1. The normalized spacial score (nSPS) is 10.2. The summed E-state index contributed by atoms with van der Waals surface area (Å²) in [5.74, 6) is 1.55. The van der Waals surface area contributed by atoms with Gasteiger partial charge in [-0.15, -0.1) is 0 Å². The Labute approximate surface area is 120 Å². The fraction of sp³-hybridized carbons (Fsp3) is 0.294. The zero-order valence-electron chi connectivity index (χ0n) is 12.3. The largest absolute Gasteiger partial charge is 0.493 e. The van der Waals surface area contributed by atoms with Gasteiger partial charge in [-0.1, -0.05) is 37.3 Å². The van der Waals surface area contributed by atoms with E-state index in [-0.39, 0.29) is 0 Å². The molecule has 0 aliphatic heterocycles. The topological polar surface area (TPSA) is 30.5 Å². The van der Waals surface area contributed by atoms with Gasteiger partial charge in [-0.2, -0.15) is 0 Å². The summed E-state index contributed by atoms with van der Waals surface area (Å²) in [5.41, 5.74) is 3.56. The van der Waals surface area contributed by atoms with Crippen molar-refractivity contribution in [3.05, 3.63) is 53.6 Å². The fourth-order valence-corrected chi connectivity index (χ4v) is 2.28. The van der Waals surface area contributed by atoms with Crippen molar-refractivity contribution >= 4 is 5.69 Å². The molecule has 0 amide bonds. The van der Waals surface area contributed by atoms with Gasteiger partial charge in [0.15, 0.2) is 11.5 Å². The summed E-state index contributed by atoms with van der Waals surface area (Å²) in [6.07, 6.45) is 1.01. The number of methoxy groups -OCH3 is 2. The van der Waals surface area contributed by atoms with Gasteiger partial charge < -0.3 is 14.8 Å². The highest BCUT2D eigenvalue weighted by atomic mass is 16.5. The maximum Gasteiger partial charge on any atom is 0.165 e. The van der Waals surface area contributed by atoms with Crippen LogP contribution in [0.4, 0.5) is 5.69 Å². The number of ether oxygens (including phenoxy) is 2. The van der Waals surface area contributed by atoms with Gasteiger partial charge in [-0.3, -0.25) is 0 Å². The molecule has 0 aliphatic rings. The molecule has 0 heterocycles. The second kappa shape index (κ2) is 6.85. The van der Waals surface area contributed by atoms with Gasteiger partial charge in [0.1, 0.15) is 0 Å². The van der Waals surface area contributed by atoms with Crippen molar-refractivity contribution < 1.29 is 9.47 Å². The molecular formula is C17H21NO2. The summed E-state index contributed by atoms with van der Waals surface area (Å²) in [6.45, 7) is 2.87. The van der Waals surface area contributed by atoms with Crippen molar-refractivity contribution in [2.45, 2.75) is 19.9 Å². The lowest BCUT2D eigenvalue weighted by molar-refractivity contribution is 0.352. The molecule has 0 unspecified atom stereocenters. The molecule has 2 aromatic carbocycles. The monoisotopic (exact) mass is 271 g/mol. The molecule has 2 aromatic rings. The first-order valence-electron chi connectivity index (χ1n) is 6.81. The molecule has 0 fully saturated rings. The molecule has 0 bridgehead atoms. The lowest BCUT2D eigenvalue weighted by Crippen LogP contribution is -2.04. The number of nitrogens with one attached hydrogen (secondary N) is 1. The van der Waals surface area contributed by atoms with Gasteiger partial charge >= 0.3 is 0 Å². The molecule has 0 aromatic heterocycles. The molecule has 0 saturated heterocycles. The molecule has 0 saturated carbocycles. The Morgan fingerprint density at radius 3 is 2.35 bits per heavy atom. The first-order valence-corrected chi connectivity index (χ1v) is 6.81. The number of hydrogen-bond donors (Lipinski definition) is 1. The van der Waals surface area contributed by atoms with Crippen molar-refractivity contribution in [2.75, 3.05) is 19.5 Å². The van der Waals surface area contributed by atoms with Crippen LogP contribution in [0.5, 0.6) is 11.5 Å². The van der Waals surface area contributed by atoms with Crippen LogP contribution in [0.3, 0.4) is 0 Å². The van der Waals surface area contributed by atoms with Crippen LogP contribution in [-0.2, 0) is 13.0 Å². The van der Waals surface area contributed by atoms with Gasteiger partial charge in [0.25, 0.3) is 0 Å². The van der Waals surface area contributed by atoms with Crippen LogP contribution in [0.2, 0.25) is 0 Å². The van der Waals surface area contributed by atoms with Crippen molar-refractivity contribution in [3.63, 3.8) is 0 Å². The summed E-state index contributed by atoms with van der Waals surface area (Å²) >= 11 is 0. The summed E-state index contributed by atoms with van der Waals surface area (Å²) in [5, 5.41) is 3.47. The molecule has 0 atom stereocenters. The number of benzene rings is 2. The summed E-state index contributed by atoms with van der Waals surface area (Å²) < 4.78 is 10.8. The first-order chi connectivity index (χ1) is 9.80. The third kappa shape index (κ3) is 3.05. The maximum atomic E-state index is 5.45.